The fourth-order valence-electron chi connectivity index (χ4n) is 3.22. The van der Waals surface area contributed by atoms with Crippen molar-refractivity contribution in [3.05, 3.63) is 83.9 Å². The molecule has 3 rings (SSSR count). The fraction of sp³-hybridized carbons (Fsp3) is 0.280. The molecule has 5 heteroatoms. The van der Waals surface area contributed by atoms with Crippen LogP contribution in [0.25, 0.3) is 0 Å². The maximum absolute atomic E-state index is 12.2. The van der Waals surface area contributed by atoms with Crippen molar-refractivity contribution >= 4 is 9.84 Å². The highest BCUT2D eigenvalue weighted by atomic mass is 32.2. The van der Waals surface area contributed by atoms with Crippen LogP contribution >= 0.6 is 0 Å². The Kier molecular flexibility index (Phi) is 6.22. The Bertz CT molecular complexity index is 1080. The summed E-state index contributed by atoms with van der Waals surface area (Å²) in [5, 5.41) is -0.453. The van der Waals surface area contributed by atoms with Crippen molar-refractivity contribution in [3.8, 4) is 17.2 Å². The lowest BCUT2D eigenvalue weighted by Crippen LogP contribution is -2.18. The van der Waals surface area contributed by atoms with E-state index in [-0.39, 0.29) is 5.41 Å². The summed E-state index contributed by atoms with van der Waals surface area (Å²) >= 11 is 0. The molecule has 0 spiro atoms. The highest BCUT2D eigenvalue weighted by Crippen LogP contribution is 2.34. The molecule has 0 aliphatic rings. The number of methoxy groups -OCH3 is 1. The molecule has 0 aromatic heterocycles. The first-order valence-electron chi connectivity index (χ1n) is 9.91. The second-order valence-corrected chi connectivity index (χ2v) is 10.5. The molecule has 0 atom stereocenters. The number of hydrogen-bond donors (Lipinski definition) is 0. The van der Waals surface area contributed by atoms with E-state index in [4.69, 9.17) is 9.47 Å². The summed E-state index contributed by atoms with van der Waals surface area (Å²) in [6.07, 6.45) is 0. The van der Waals surface area contributed by atoms with Crippen LogP contribution in [0.4, 0.5) is 0 Å². The highest BCUT2D eigenvalue weighted by molar-refractivity contribution is 7.92. The van der Waals surface area contributed by atoms with Gasteiger partial charge in [0.2, 0.25) is 0 Å². The molecular formula is C25H28O4S. The SMILES string of the molecule is COc1ccc(C(C)(C)c2ccc(Oc3ccc(S(=O)(=O)C(C)C)cc3)cc2)cc1. The zero-order valence-corrected chi connectivity index (χ0v) is 18.9. The Balaban J connectivity index is 1.75. The van der Waals surface area contributed by atoms with E-state index in [0.717, 1.165) is 5.75 Å². The standard InChI is InChI=1S/C25H28O4S/c1-18(2)30(26,27)24-16-14-23(15-17-24)29-22-12-8-20(9-13-22)25(3,4)19-6-10-21(28-5)11-7-19/h6-18H,1-5H3. The van der Waals surface area contributed by atoms with Crippen molar-refractivity contribution in [2.75, 3.05) is 7.11 Å². The van der Waals surface area contributed by atoms with Crippen LogP contribution in [-0.2, 0) is 15.3 Å². The van der Waals surface area contributed by atoms with Gasteiger partial charge in [0.25, 0.3) is 0 Å². The van der Waals surface area contributed by atoms with Crippen molar-refractivity contribution in [2.24, 2.45) is 0 Å². The van der Waals surface area contributed by atoms with Gasteiger partial charge in [-0.15, -0.1) is 0 Å². The lowest BCUT2D eigenvalue weighted by atomic mass is 9.78. The molecule has 0 aliphatic heterocycles. The predicted molar refractivity (Wildman–Crippen MR) is 120 cm³/mol. The monoisotopic (exact) mass is 424 g/mol. The average Bonchev–Trinajstić information content (AvgIpc) is 2.74. The molecule has 0 aliphatic carbocycles. The van der Waals surface area contributed by atoms with E-state index in [1.165, 1.54) is 11.1 Å². The van der Waals surface area contributed by atoms with Gasteiger partial charge in [-0.2, -0.15) is 0 Å². The molecule has 3 aromatic rings. The fourth-order valence-corrected chi connectivity index (χ4v) is 4.28. The van der Waals surface area contributed by atoms with Crippen LogP contribution in [0.15, 0.2) is 77.7 Å². The topological polar surface area (TPSA) is 52.6 Å². The van der Waals surface area contributed by atoms with E-state index in [1.54, 1.807) is 45.2 Å². The molecule has 0 amide bonds. The van der Waals surface area contributed by atoms with E-state index in [9.17, 15) is 8.42 Å². The van der Waals surface area contributed by atoms with Gasteiger partial charge in [0.1, 0.15) is 17.2 Å². The molecule has 0 radical (unpaired) electrons. The average molecular weight is 425 g/mol. The summed E-state index contributed by atoms with van der Waals surface area (Å²) in [6, 6.07) is 22.6. The molecule has 0 heterocycles. The van der Waals surface area contributed by atoms with Gasteiger partial charge in [-0.05, 0) is 73.5 Å². The maximum atomic E-state index is 12.2. The molecule has 0 saturated heterocycles. The minimum Gasteiger partial charge on any atom is -0.497 e. The Morgan fingerprint density at radius 3 is 1.50 bits per heavy atom. The zero-order valence-electron chi connectivity index (χ0n) is 18.0. The van der Waals surface area contributed by atoms with Crippen molar-refractivity contribution in [1.29, 1.82) is 0 Å². The Hall–Kier alpha value is -2.79. The van der Waals surface area contributed by atoms with Crippen LogP contribution < -0.4 is 9.47 Å². The third-order valence-electron chi connectivity index (χ3n) is 5.40. The second kappa shape index (κ2) is 8.52. The van der Waals surface area contributed by atoms with E-state index in [1.807, 2.05) is 24.3 Å². The van der Waals surface area contributed by atoms with E-state index in [2.05, 4.69) is 38.1 Å². The minimum absolute atomic E-state index is 0.169. The highest BCUT2D eigenvalue weighted by Gasteiger charge is 2.23. The predicted octanol–water partition coefficient (Wildman–Crippen LogP) is 6.00. The smallest absolute Gasteiger partial charge is 0.180 e. The Morgan fingerprint density at radius 2 is 1.10 bits per heavy atom. The number of benzene rings is 3. The lowest BCUT2D eigenvalue weighted by molar-refractivity contribution is 0.414. The summed E-state index contributed by atoms with van der Waals surface area (Å²) in [5.41, 5.74) is 2.19. The molecule has 158 valence electrons. The first-order valence-corrected chi connectivity index (χ1v) is 11.5. The lowest BCUT2D eigenvalue weighted by Gasteiger charge is -2.26. The first-order chi connectivity index (χ1) is 14.1. The first kappa shape index (κ1) is 21.9. The summed E-state index contributed by atoms with van der Waals surface area (Å²) in [7, 11) is -1.62. The van der Waals surface area contributed by atoms with Crippen LogP contribution in [-0.4, -0.2) is 20.8 Å². The van der Waals surface area contributed by atoms with E-state index in [0.29, 0.717) is 16.4 Å². The number of hydrogen-bond acceptors (Lipinski definition) is 4. The Labute approximate surface area is 179 Å². The Morgan fingerprint density at radius 1 is 0.700 bits per heavy atom. The van der Waals surface area contributed by atoms with Crippen LogP contribution in [0, 0.1) is 0 Å². The molecule has 4 nitrogen and oxygen atoms in total. The molecule has 0 bridgehead atoms. The summed E-state index contributed by atoms with van der Waals surface area (Å²) < 4.78 is 35.6. The summed E-state index contributed by atoms with van der Waals surface area (Å²) in [6.45, 7) is 7.71. The van der Waals surface area contributed by atoms with Gasteiger partial charge >= 0.3 is 0 Å². The van der Waals surface area contributed by atoms with Gasteiger partial charge in [-0.25, -0.2) is 8.42 Å². The molecule has 3 aromatic carbocycles. The number of ether oxygens (including phenoxy) is 2. The van der Waals surface area contributed by atoms with Crippen LogP contribution in [0.5, 0.6) is 17.2 Å². The van der Waals surface area contributed by atoms with Gasteiger partial charge in [0, 0.05) is 5.41 Å². The maximum Gasteiger partial charge on any atom is 0.180 e. The van der Waals surface area contributed by atoms with Gasteiger partial charge in [0.05, 0.1) is 17.3 Å². The third kappa shape index (κ3) is 4.51. The zero-order chi connectivity index (χ0) is 21.9. The van der Waals surface area contributed by atoms with E-state index < -0.39 is 15.1 Å². The van der Waals surface area contributed by atoms with Gasteiger partial charge < -0.3 is 9.47 Å². The van der Waals surface area contributed by atoms with Crippen molar-refractivity contribution in [1.82, 2.24) is 0 Å². The number of rotatable bonds is 7. The van der Waals surface area contributed by atoms with Crippen molar-refractivity contribution < 1.29 is 17.9 Å². The molecular weight excluding hydrogens is 396 g/mol. The molecule has 30 heavy (non-hydrogen) atoms. The summed E-state index contributed by atoms with van der Waals surface area (Å²) in [4.78, 5) is 0.307. The summed E-state index contributed by atoms with van der Waals surface area (Å²) in [5.74, 6) is 2.13. The second-order valence-electron chi connectivity index (χ2n) is 8.05. The van der Waals surface area contributed by atoms with Gasteiger partial charge in [-0.3, -0.25) is 0 Å². The van der Waals surface area contributed by atoms with Crippen LogP contribution in [0.2, 0.25) is 0 Å². The van der Waals surface area contributed by atoms with Crippen molar-refractivity contribution in [2.45, 2.75) is 43.3 Å². The van der Waals surface area contributed by atoms with Crippen LogP contribution in [0.1, 0.15) is 38.8 Å². The largest absolute Gasteiger partial charge is 0.497 e. The van der Waals surface area contributed by atoms with Crippen LogP contribution in [0.3, 0.4) is 0 Å². The molecule has 0 N–H and O–H groups in total. The molecule has 0 fully saturated rings. The van der Waals surface area contributed by atoms with Crippen molar-refractivity contribution in [3.63, 3.8) is 0 Å². The quantitative estimate of drug-likeness (QED) is 0.467. The molecule has 0 unspecified atom stereocenters. The third-order valence-corrected chi connectivity index (χ3v) is 7.57. The van der Waals surface area contributed by atoms with E-state index >= 15 is 0 Å². The number of sulfone groups is 1. The van der Waals surface area contributed by atoms with Gasteiger partial charge in [-0.1, -0.05) is 38.1 Å². The normalized spacial score (nSPS) is 12.1. The van der Waals surface area contributed by atoms with Gasteiger partial charge in [0.15, 0.2) is 9.84 Å². The minimum atomic E-state index is -3.28. The molecule has 0 saturated carbocycles.